The molecule has 2 aromatic carbocycles. The second kappa shape index (κ2) is 7.28. The lowest BCUT2D eigenvalue weighted by Gasteiger charge is -2.15. The molecule has 1 aliphatic heterocycles. The normalized spacial score (nSPS) is 17.8. The lowest BCUT2D eigenvalue weighted by molar-refractivity contribution is 0.274. The van der Waals surface area contributed by atoms with Crippen LogP contribution < -0.4 is 10.1 Å². The molecule has 2 aromatic rings. The van der Waals surface area contributed by atoms with Gasteiger partial charge >= 0.3 is 0 Å². The summed E-state index contributed by atoms with van der Waals surface area (Å²) in [5, 5.41) is 3.48. The third-order valence-corrected chi connectivity index (χ3v) is 4.10. The molecule has 1 heterocycles. The van der Waals surface area contributed by atoms with Crippen molar-refractivity contribution >= 4 is 0 Å². The molecule has 2 nitrogen and oxygen atoms in total. The van der Waals surface area contributed by atoms with Crippen LogP contribution in [-0.2, 0) is 12.8 Å². The molecule has 0 spiro atoms. The molecule has 21 heavy (non-hydrogen) atoms. The lowest BCUT2D eigenvalue weighted by Crippen LogP contribution is -2.28. The van der Waals surface area contributed by atoms with Crippen LogP contribution in [-0.4, -0.2) is 19.2 Å². The first-order chi connectivity index (χ1) is 10.4. The van der Waals surface area contributed by atoms with E-state index in [0.717, 1.165) is 31.7 Å². The fraction of sp³-hybridized carbons (Fsp3) is 0.368. The van der Waals surface area contributed by atoms with E-state index in [1.165, 1.54) is 24.0 Å². The molecule has 2 heteroatoms. The largest absolute Gasteiger partial charge is 0.492 e. The summed E-state index contributed by atoms with van der Waals surface area (Å²) in [6, 6.07) is 19.6. The molecule has 0 radical (unpaired) electrons. The van der Waals surface area contributed by atoms with E-state index in [0.29, 0.717) is 6.04 Å². The number of para-hydroxylation sites is 1. The highest BCUT2D eigenvalue weighted by atomic mass is 16.5. The van der Waals surface area contributed by atoms with Gasteiger partial charge in [0.25, 0.3) is 0 Å². The van der Waals surface area contributed by atoms with Crippen molar-refractivity contribution in [2.75, 3.05) is 13.2 Å². The third kappa shape index (κ3) is 4.08. The lowest BCUT2D eigenvalue weighted by atomic mass is 10.0. The number of rotatable bonds is 6. The van der Waals surface area contributed by atoms with Crippen molar-refractivity contribution < 1.29 is 4.74 Å². The van der Waals surface area contributed by atoms with Crippen LogP contribution in [0.4, 0.5) is 0 Å². The van der Waals surface area contributed by atoms with Gasteiger partial charge in [-0.2, -0.15) is 0 Å². The fourth-order valence-electron chi connectivity index (χ4n) is 2.86. The Morgan fingerprint density at radius 1 is 0.952 bits per heavy atom. The van der Waals surface area contributed by atoms with Crippen LogP contribution in [0.1, 0.15) is 24.0 Å². The Bertz CT molecular complexity index is 547. The maximum atomic E-state index is 6.05. The zero-order valence-corrected chi connectivity index (χ0v) is 12.4. The molecule has 1 fully saturated rings. The summed E-state index contributed by atoms with van der Waals surface area (Å²) in [5.74, 6) is 1.04. The first-order valence-electron chi connectivity index (χ1n) is 7.90. The van der Waals surface area contributed by atoms with Crippen LogP contribution in [0.2, 0.25) is 0 Å². The molecule has 1 N–H and O–H groups in total. The number of benzene rings is 2. The molecule has 0 bridgehead atoms. The van der Waals surface area contributed by atoms with Gasteiger partial charge in [-0.05, 0) is 49.4 Å². The van der Waals surface area contributed by atoms with Crippen molar-refractivity contribution in [3.05, 3.63) is 65.7 Å². The van der Waals surface area contributed by atoms with Gasteiger partial charge in [-0.3, -0.25) is 0 Å². The Hall–Kier alpha value is -1.80. The highest BCUT2D eigenvalue weighted by Gasteiger charge is 2.15. The highest BCUT2D eigenvalue weighted by molar-refractivity contribution is 5.34. The molecular formula is C19H23NO. The minimum Gasteiger partial charge on any atom is -0.492 e. The van der Waals surface area contributed by atoms with Crippen LogP contribution >= 0.6 is 0 Å². The van der Waals surface area contributed by atoms with E-state index >= 15 is 0 Å². The zero-order valence-electron chi connectivity index (χ0n) is 12.4. The van der Waals surface area contributed by atoms with Gasteiger partial charge in [-0.15, -0.1) is 0 Å². The quantitative estimate of drug-likeness (QED) is 0.873. The molecule has 110 valence electrons. The fourth-order valence-corrected chi connectivity index (χ4v) is 2.86. The molecule has 0 aliphatic carbocycles. The van der Waals surface area contributed by atoms with E-state index in [9.17, 15) is 0 Å². The summed E-state index contributed by atoms with van der Waals surface area (Å²) in [6.45, 7) is 1.91. The molecule has 0 saturated carbocycles. The van der Waals surface area contributed by atoms with Crippen molar-refractivity contribution in [2.24, 2.45) is 0 Å². The molecule has 0 aromatic heterocycles. The standard InChI is InChI=1S/C19H23NO/c1-2-7-16(8-3-1)12-13-17-9-4-5-11-19(17)21-15-18-10-6-14-20-18/h1-5,7-9,11,18,20H,6,10,12-15H2. The van der Waals surface area contributed by atoms with Crippen molar-refractivity contribution in [3.8, 4) is 5.75 Å². The number of ether oxygens (including phenoxy) is 1. The van der Waals surface area contributed by atoms with Gasteiger partial charge in [0.05, 0.1) is 0 Å². The maximum Gasteiger partial charge on any atom is 0.122 e. The van der Waals surface area contributed by atoms with Gasteiger partial charge in [0.15, 0.2) is 0 Å². The predicted octanol–water partition coefficient (Wildman–Crippen LogP) is 3.60. The number of hydrogen-bond donors (Lipinski definition) is 1. The highest BCUT2D eigenvalue weighted by Crippen LogP contribution is 2.21. The van der Waals surface area contributed by atoms with Crippen molar-refractivity contribution in [2.45, 2.75) is 31.7 Å². The topological polar surface area (TPSA) is 21.3 Å². The maximum absolute atomic E-state index is 6.05. The van der Waals surface area contributed by atoms with Gasteiger partial charge in [-0.25, -0.2) is 0 Å². The van der Waals surface area contributed by atoms with Crippen LogP contribution in [0.25, 0.3) is 0 Å². The minimum atomic E-state index is 0.521. The van der Waals surface area contributed by atoms with Crippen LogP contribution in [0.5, 0.6) is 5.75 Å². The number of hydrogen-bond acceptors (Lipinski definition) is 2. The van der Waals surface area contributed by atoms with Crippen molar-refractivity contribution in [1.82, 2.24) is 5.32 Å². The summed E-state index contributed by atoms with van der Waals surface area (Å²) in [5.41, 5.74) is 2.68. The summed E-state index contributed by atoms with van der Waals surface area (Å²) in [6.07, 6.45) is 4.58. The van der Waals surface area contributed by atoms with E-state index in [1.807, 2.05) is 0 Å². The van der Waals surface area contributed by atoms with Gasteiger partial charge < -0.3 is 10.1 Å². The molecule has 1 aliphatic rings. The van der Waals surface area contributed by atoms with E-state index in [4.69, 9.17) is 4.74 Å². The van der Waals surface area contributed by atoms with Gasteiger partial charge in [0.1, 0.15) is 12.4 Å². The Labute approximate surface area is 127 Å². The Kier molecular flexibility index (Phi) is 4.90. The summed E-state index contributed by atoms with van der Waals surface area (Å²) in [7, 11) is 0. The minimum absolute atomic E-state index is 0.521. The van der Waals surface area contributed by atoms with Crippen LogP contribution in [0.15, 0.2) is 54.6 Å². The number of nitrogens with one attached hydrogen (secondary N) is 1. The Balaban J connectivity index is 1.59. The molecule has 1 unspecified atom stereocenters. The van der Waals surface area contributed by atoms with Gasteiger partial charge in [0, 0.05) is 6.04 Å². The molecule has 3 rings (SSSR count). The van der Waals surface area contributed by atoms with Crippen molar-refractivity contribution in [3.63, 3.8) is 0 Å². The molecule has 1 saturated heterocycles. The van der Waals surface area contributed by atoms with E-state index in [1.54, 1.807) is 0 Å². The first-order valence-corrected chi connectivity index (χ1v) is 7.90. The van der Waals surface area contributed by atoms with E-state index in [2.05, 4.69) is 59.9 Å². The Morgan fingerprint density at radius 2 is 1.76 bits per heavy atom. The molecule has 1 atom stereocenters. The second-order valence-corrected chi connectivity index (χ2v) is 5.70. The van der Waals surface area contributed by atoms with Gasteiger partial charge in [0.2, 0.25) is 0 Å². The predicted molar refractivity (Wildman–Crippen MR) is 86.8 cm³/mol. The monoisotopic (exact) mass is 281 g/mol. The van der Waals surface area contributed by atoms with Crippen molar-refractivity contribution in [1.29, 1.82) is 0 Å². The van der Waals surface area contributed by atoms with E-state index in [-0.39, 0.29) is 0 Å². The smallest absolute Gasteiger partial charge is 0.122 e. The average molecular weight is 281 g/mol. The zero-order chi connectivity index (χ0) is 14.3. The summed E-state index contributed by atoms with van der Waals surface area (Å²) < 4.78 is 6.05. The molecular weight excluding hydrogens is 258 g/mol. The van der Waals surface area contributed by atoms with Crippen LogP contribution in [0, 0.1) is 0 Å². The average Bonchev–Trinajstić information content (AvgIpc) is 3.06. The summed E-state index contributed by atoms with van der Waals surface area (Å²) >= 11 is 0. The second-order valence-electron chi connectivity index (χ2n) is 5.70. The third-order valence-electron chi connectivity index (χ3n) is 4.10. The SMILES string of the molecule is c1ccc(CCc2ccccc2OCC2CCCN2)cc1. The van der Waals surface area contributed by atoms with E-state index < -0.39 is 0 Å². The number of aryl methyl sites for hydroxylation is 2. The van der Waals surface area contributed by atoms with Crippen LogP contribution in [0.3, 0.4) is 0 Å². The first kappa shape index (κ1) is 14.2. The van der Waals surface area contributed by atoms with Gasteiger partial charge in [-0.1, -0.05) is 48.5 Å². The summed E-state index contributed by atoms with van der Waals surface area (Å²) in [4.78, 5) is 0. The Morgan fingerprint density at radius 3 is 2.57 bits per heavy atom. The molecule has 0 amide bonds.